The molecule has 0 atom stereocenters. The summed E-state index contributed by atoms with van der Waals surface area (Å²) in [6, 6.07) is 2.37. The van der Waals surface area contributed by atoms with Crippen LogP contribution < -0.4 is 0 Å². The normalized spacial score (nSPS) is 11.8. The van der Waals surface area contributed by atoms with Crippen LogP contribution in [0.3, 0.4) is 0 Å². The number of aldehydes is 1. The van der Waals surface area contributed by atoms with Gasteiger partial charge in [-0.25, -0.2) is 14.4 Å². The molecule has 30 heavy (non-hydrogen) atoms. The Labute approximate surface area is 172 Å². The second-order valence-electron chi connectivity index (χ2n) is 6.72. The molecule has 0 amide bonds. The first-order valence-corrected chi connectivity index (χ1v) is 9.32. The van der Waals surface area contributed by atoms with Gasteiger partial charge in [-0.1, -0.05) is 0 Å². The number of nitrogens with zero attached hydrogens (tertiary/aromatic N) is 3. The first kappa shape index (κ1) is 23.5. The molecule has 0 unspecified atom stereocenters. The topological polar surface area (TPSA) is 55.3 Å². The minimum Gasteiger partial charge on any atom is -0.385 e. The molecule has 0 aliphatic heterocycles. The van der Waals surface area contributed by atoms with Crippen LogP contribution >= 0.6 is 0 Å². The Morgan fingerprint density at radius 1 is 1.10 bits per heavy atom. The van der Waals surface area contributed by atoms with Gasteiger partial charge in [0.1, 0.15) is 5.82 Å². The minimum atomic E-state index is -4.58. The Bertz CT molecular complexity index is 868. The number of methoxy groups -OCH3 is 1. The first-order chi connectivity index (χ1) is 14.3. The van der Waals surface area contributed by atoms with Crippen molar-refractivity contribution in [1.82, 2.24) is 14.9 Å². The van der Waals surface area contributed by atoms with Gasteiger partial charge in [-0.2, -0.15) is 13.2 Å². The van der Waals surface area contributed by atoms with Crippen molar-refractivity contribution in [2.24, 2.45) is 0 Å². The van der Waals surface area contributed by atoms with Crippen LogP contribution in [0.25, 0.3) is 17.5 Å². The summed E-state index contributed by atoms with van der Waals surface area (Å²) in [5.74, 6) is -0.986. The van der Waals surface area contributed by atoms with E-state index in [0.29, 0.717) is 30.9 Å². The number of ether oxygens (including phenoxy) is 1. The van der Waals surface area contributed by atoms with Crippen LogP contribution in [0.4, 0.5) is 17.6 Å². The summed E-state index contributed by atoms with van der Waals surface area (Å²) in [6.07, 6.45) is 3.48. The van der Waals surface area contributed by atoms with E-state index in [9.17, 15) is 22.4 Å². The summed E-state index contributed by atoms with van der Waals surface area (Å²) >= 11 is 0. The Balaban J connectivity index is 2.19. The molecule has 0 saturated carbocycles. The summed E-state index contributed by atoms with van der Waals surface area (Å²) in [4.78, 5) is 20.5. The van der Waals surface area contributed by atoms with E-state index >= 15 is 0 Å². The van der Waals surface area contributed by atoms with Gasteiger partial charge in [-0.15, -0.1) is 0 Å². The van der Waals surface area contributed by atoms with Crippen LogP contribution in [-0.2, 0) is 10.9 Å². The van der Waals surface area contributed by atoms with Gasteiger partial charge >= 0.3 is 6.18 Å². The third-order valence-corrected chi connectivity index (χ3v) is 4.39. The number of rotatable bonds is 10. The summed E-state index contributed by atoms with van der Waals surface area (Å²) in [6.45, 7) is 1.50. The van der Waals surface area contributed by atoms with Crippen molar-refractivity contribution in [3.05, 3.63) is 53.2 Å². The number of unbranched alkanes of at least 4 members (excludes halogenated alkanes) is 2. The van der Waals surface area contributed by atoms with Crippen molar-refractivity contribution in [2.45, 2.75) is 25.4 Å². The fraction of sp³-hybridized carbons (Fsp3) is 0.381. The largest absolute Gasteiger partial charge is 0.419 e. The molecule has 1 aromatic heterocycles. The third-order valence-electron chi connectivity index (χ3n) is 4.39. The van der Waals surface area contributed by atoms with Gasteiger partial charge in [0.2, 0.25) is 0 Å². The van der Waals surface area contributed by atoms with Crippen molar-refractivity contribution in [3.8, 4) is 11.4 Å². The van der Waals surface area contributed by atoms with Crippen LogP contribution in [0.5, 0.6) is 0 Å². The molecule has 0 fully saturated rings. The maximum atomic E-state index is 14.4. The quantitative estimate of drug-likeness (QED) is 0.310. The van der Waals surface area contributed by atoms with Gasteiger partial charge in [0.05, 0.1) is 11.1 Å². The van der Waals surface area contributed by atoms with Crippen molar-refractivity contribution >= 4 is 12.4 Å². The lowest BCUT2D eigenvalue weighted by Crippen LogP contribution is -2.12. The van der Waals surface area contributed by atoms with Gasteiger partial charge in [-0.05, 0) is 49.2 Å². The van der Waals surface area contributed by atoms with E-state index in [1.165, 1.54) is 6.07 Å². The Hall–Kier alpha value is -2.81. The highest BCUT2D eigenvalue weighted by Gasteiger charge is 2.31. The number of benzene rings is 1. The van der Waals surface area contributed by atoms with Crippen molar-refractivity contribution in [2.75, 3.05) is 27.3 Å². The second-order valence-corrected chi connectivity index (χ2v) is 6.72. The van der Waals surface area contributed by atoms with E-state index in [0.717, 1.165) is 31.9 Å². The predicted octanol–water partition coefficient (Wildman–Crippen LogP) is 4.83. The number of aromatic nitrogens is 2. The summed E-state index contributed by atoms with van der Waals surface area (Å²) in [7, 11) is 3.53. The fourth-order valence-corrected chi connectivity index (χ4v) is 2.70. The molecule has 0 N–H and O–H groups in total. The van der Waals surface area contributed by atoms with Crippen LogP contribution in [0.2, 0.25) is 0 Å². The SMILES string of the molecule is COCCCCCN(C)/C=C\c1cc(-c2ncc(C(F)(F)F)cn2)c(F)cc1C=O. The molecule has 0 bridgehead atoms. The standard InChI is InChI=1S/C21H23F4N3O2/c1-28(7-4-3-5-9-30-2)8-6-15-10-18(19(22)11-16(15)14-29)20-26-12-17(13-27-20)21(23,24)25/h6,8,10-14H,3-5,7,9H2,1-2H3/b8-6-. The molecular formula is C21H23F4N3O2. The molecule has 9 heteroatoms. The van der Waals surface area contributed by atoms with Crippen molar-refractivity contribution in [3.63, 3.8) is 0 Å². The predicted molar refractivity (Wildman–Crippen MR) is 105 cm³/mol. The number of carbonyl (C=O) groups is 1. The molecule has 2 aromatic rings. The highest BCUT2D eigenvalue weighted by molar-refractivity contribution is 5.84. The third kappa shape index (κ3) is 6.62. The van der Waals surface area contributed by atoms with Gasteiger partial charge < -0.3 is 9.64 Å². The number of alkyl halides is 3. The lowest BCUT2D eigenvalue weighted by Gasteiger charge is -2.14. The molecule has 2 rings (SSSR count). The zero-order valence-electron chi connectivity index (χ0n) is 16.7. The van der Waals surface area contributed by atoms with E-state index in [1.807, 2.05) is 11.9 Å². The Morgan fingerprint density at radius 3 is 2.40 bits per heavy atom. The lowest BCUT2D eigenvalue weighted by atomic mass is 10.0. The molecule has 0 aliphatic rings. The average Bonchev–Trinajstić information content (AvgIpc) is 2.71. The second kappa shape index (κ2) is 10.8. The molecule has 0 radical (unpaired) electrons. The number of hydrogen-bond donors (Lipinski definition) is 0. The lowest BCUT2D eigenvalue weighted by molar-refractivity contribution is -0.138. The number of carbonyl (C=O) groups excluding carboxylic acids is 1. The smallest absolute Gasteiger partial charge is 0.385 e. The highest BCUT2D eigenvalue weighted by atomic mass is 19.4. The average molecular weight is 425 g/mol. The molecule has 0 aliphatic carbocycles. The van der Waals surface area contributed by atoms with Crippen LogP contribution in [0.15, 0.2) is 30.7 Å². The Kier molecular flexibility index (Phi) is 8.46. The van der Waals surface area contributed by atoms with E-state index < -0.39 is 17.6 Å². The van der Waals surface area contributed by atoms with Crippen LogP contribution in [-0.4, -0.2) is 48.5 Å². The number of halogens is 4. The summed E-state index contributed by atoms with van der Waals surface area (Å²) in [5.41, 5.74) is -0.580. The summed E-state index contributed by atoms with van der Waals surface area (Å²) in [5, 5.41) is 0. The van der Waals surface area contributed by atoms with Crippen LogP contribution in [0.1, 0.15) is 40.7 Å². The van der Waals surface area contributed by atoms with E-state index in [1.54, 1.807) is 19.4 Å². The van der Waals surface area contributed by atoms with Gasteiger partial charge in [0, 0.05) is 45.3 Å². The van der Waals surface area contributed by atoms with E-state index in [-0.39, 0.29) is 17.0 Å². The van der Waals surface area contributed by atoms with Gasteiger partial charge in [0.25, 0.3) is 0 Å². The molecule has 1 heterocycles. The molecule has 162 valence electrons. The first-order valence-electron chi connectivity index (χ1n) is 9.32. The highest BCUT2D eigenvalue weighted by Crippen LogP contribution is 2.29. The van der Waals surface area contributed by atoms with E-state index in [4.69, 9.17) is 4.74 Å². The zero-order chi connectivity index (χ0) is 22.1. The maximum Gasteiger partial charge on any atom is 0.419 e. The van der Waals surface area contributed by atoms with Crippen molar-refractivity contribution in [1.29, 1.82) is 0 Å². The number of hydrogen-bond acceptors (Lipinski definition) is 5. The minimum absolute atomic E-state index is 0.0869. The molecule has 0 saturated heterocycles. The molecule has 5 nitrogen and oxygen atoms in total. The summed E-state index contributed by atoms with van der Waals surface area (Å²) < 4.78 is 57.4. The van der Waals surface area contributed by atoms with Gasteiger partial charge in [0.15, 0.2) is 12.1 Å². The maximum absolute atomic E-state index is 14.4. The fourth-order valence-electron chi connectivity index (χ4n) is 2.70. The van der Waals surface area contributed by atoms with E-state index in [2.05, 4.69) is 9.97 Å². The molecule has 0 spiro atoms. The Morgan fingerprint density at radius 2 is 1.80 bits per heavy atom. The van der Waals surface area contributed by atoms with Crippen molar-refractivity contribution < 1.29 is 27.1 Å². The monoisotopic (exact) mass is 425 g/mol. The zero-order valence-corrected chi connectivity index (χ0v) is 16.7. The van der Waals surface area contributed by atoms with Crippen LogP contribution in [0, 0.1) is 5.82 Å². The molecule has 1 aromatic carbocycles. The molecular weight excluding hydrogens is 402 g/mol. The van der Waals surface area contributed by atoms with Gasteiger partial charge in [-0.3, -0.25) is 4.79 Å².